The maximum Gasteiger partial charge on any atom is 0.530 e. The number of amides is 1. The topological polar surface area (TPSA) is 524 Å². The monoisotopic (exact) mass is 2020 g/mol. The highest BCUT2D eigenvalue weighted by molar-refractivity contribution is 7.71. The molecule has 1 amide bonds. The molecule has 0 spiro atoms. The summed E-state index contributed by atoms with van der Waals surface area (Å²) < 4.78 is 247. The number of aromatic amines is 3. The van der Waals surface area contributed by atoms with Gasteiger partial charge in [0, 0.05) is 47.0 Å². The van der Waals surface area contributed by atoms with E-state index in [1.165, 1.54) is 0 Å². The first-order chi connectivity index (χ1) is 61.9. The fourth-order valence-corrected chi connectivity index (χ4v) is 19.9. The second-order valence-electron chi connectivity index (χ2n) is 29.5. The average Bonchev–Trinajstić information content (AvgIpc) is 1.55. The van der Waals surface area contributed by atoms with Gasteiger partial charge in [-0.2, -0.15) is 0 Å². The second kappa shape index (κ2) is 37.5. The molecule has 0 radical (unpaired) electrons. The zero-order chi connectivity index (χ0) is 99.1. The van der Waals surface area contributed by atoms with E-state index in [0.717, 1.165) is 56.2 Å². The van der Waals surface area contributed by atoms with Crippen molar-refractivity contribution in [1.29, 1.82) is 0 Å². The lowest BCUT2D eigenvalue weighted by molar-refractivity contribution is -0.208. The summed E-state index contributed by atoms with van der Waals surface area (Å²) in [5.41, 5.74) is 6.16. The Morgan fingerprint density at radius 1 is 0.461 bits per heavy atom. The molecule has 20 atom stereocenters. The van der Waals surface area contributed by atoms with Crippen LogP contribution in [0.25, 0.3) is 0 Å². The van der Waals surface area contributed by atoms with Crippen LogP contribution < -0.4 is 40.1 Å². The lowest BCUT2D eigenvalue weighted by atomic mass is 10.1. The quantitative estimate of drug-likeness (QED) is 0.0243. The number of aliphatic hydroxyl groups is 8. The minimum atomic E-state index is -4.83. The van der Waals surface area contributed by atoms with E-state index in [9.17, 15) is 78.3 Å². The number of hydrogen-bond acceptors (Lipinski definition) is 36. The molecule has 4 fully saturated rings. The molecule has 9 aliphatic heterocycles. The summed E-state index contributed by atoms with van der Waals surface area (Å²) in [6.07, 6.45) is -23.9. The van der Waals surface area contributed by atoms with Crippen LogP contribution >= 0.6 is 114 Å². The molecule has 4 saturated heterocycles. The molecule has 0 bridgehead atoms. The summed E-state index contributed by atoms with van der Waals surface area (Å²) in [4.78, 5) is 53.5. The number of ether oxygens (including phenoxy) is 4. The van der Waals surface area contributed by atoms with E-state index in [2.05, 4.69) is 26.8 Å². The first-order valence-corrected chi connectivity index (χ1v) is 45.5. The van der Waals surface area contributed by atoms with E-state index in [1.807, 2.05) is 33.8 Å². The van der Waals surface area contributed by atoms with Crippen LogP contribution in [0.5, 0.6) is 23.0 Å². The van der Waals surface area contributed by atoms with Crippen molar-refractivity contribution in [3.8, 4) is 23.0 Å². The maximum atomic E-state index is 16.0. The number of carbonyl (C=O) groups is 1. The Bertz CT molecular complexity index is 6590. The lowest BCUT2D eigenvalue weighted by Crippen LogP contribution is -2.47. The minimum Gasteiger partial charge on any atom is -0.403 e. The van der Waals surface area contributed by atoms with E-state index in [-0.39, 0.29) is 64.1 Å². The van der Waals surface area contributed by atoms with Crippen molar-refractivity contribution in [2.24, 2.45) is 0 Å². The van der Waals surface area contributed by atoms with E-state index in [1.54, 1.807) is 70.2 Å². The third kappa shape index (κ3) is 20.4. The molecule has 12 N–H and O–H groups in total. The van der Waals surface area contributed by atoms with Gasteiger partial charge in [-0.1, -0.05) is 124 Å². The van der Waals surface area contributed by atoms with Crippen LogP contribution in [0.3, 0.4) is 0 Å². The largest absolute Gasteiger partial charge is 0.530 e. The predicted molar refractivity (Wildman–Crippen MR) is 444 cm³/mol. The molecule has 3 aromatic heterocycles. The summed E-state index contributed by atoms with van der Waals surface area (Å²) in [7, 11) is -18.2. The van der Waals surface area contributed by atoms with Crippen molar-refractivity contribution >= 4 is 120 Å². The third-order valence-electron chi connectivity index (χ3n) is 19.6. The van der Waals surface area contributed by atoms with Crippen LogP contribution in [0, 0.1) is 69.7 Å². The third-order valence-corrected chi connectivity index (χ3v) is 26.6. The Kier molecular flexibility index (Phi) is 26.5. The molecule has 9 aliphatic rings. The summed E-state index contributed by atoms with van der Waals surface area (Å²) in [6.45, 7) is 7.03. The van der Waals surface area contributed by atoms with Gasteiger partial charge in [-0.25, -0.2) is 35.8 Å². The number of nitrogens with zero attached hydrogens (tertiary/aromatic N) is 4. The summed E-state index contributed by atoms with van der Waals surface area (Å²) in [5, 5.41) is 83.4. The molecular weight excluding hydrogens is 1940 g/mol. The Balaban J connectivity index is 0.000000152. The normalized spacial score (nSPS) is 34.6. The zero-order valence-electron chi connectivity index (χ0n) is 72.9. The van der Waals surface area contributed by atoms with Gasteiger partial charge in [0.1, 0.15) is 124 Å². The number of fused-ring (bicyclic) bond motifs is 4. The number of rotatable bonds is 16. The van der Waals surface area contributed by atoms with E-state index >= 15 is 17.6 Å². The van der Waals surface area contributed by atoms with Crippen molar-refractivity contribution in [1.82, 2.24) is 38.9 Å². The second-order valence-corrected chi connectivity index (χ2v) is 38.5. The molecule has 40 nitrogen and oxygen atoms in total. The Labute approximate surface area is 764 Å². The molecule has 4 aromatic carbocycles. The highest BCUT2D eigenvalue weighted by Crippen LogP contribution is 2.61. The number of halogens is 8. The van der Waals surface area contributed by atoms with Gasteiger partial charge in [0.25, 0.3) is 46.0 Å². The first-order valence-electron chi connectivity index (χ1n) is 40.0. The van der Waals surface area contributed by atoms with Gasteiger partial charge in [0.05, 0.1) is 34.7 Å². The predicted octanol–water partition coefficient (Wildman–Crippen LogP) is 10.5. The number of alkyl halides is 4. The number of aromatic nitrogens is 6. The lowest BCUT2D eigenvalue weighted by Gasteiger charge is -2.33. The van der Waals surface area contributed by atoms with Crippen molar-refractivity contribution in [3.05, 3.63) is 218 Å². The van der Waals surface area contributed by atoms with E-state index in [0.29, 0.717) is 59.7 Å². The number of hydrogen-bond donors (Lipinski definition) is 12. The van der Waals surface area contributed by atoms with Gasteiger partial charge in [-0.15, -0.1) is 0 Å². The van der Waals surface area contributed by atoms with Gasteiger partial charge in [0.2, 0.25) is 0 Å². The van der Waals surface area contributed by atoms with Crippen molar-refractivity contribution < 1.29 is 163 Å². The van der Waals surface area contributed by atoms with Crippen molar-refractivity contribution in [3.63, 3.8) is 0 Å². The molecule has 0 saturated carbocycles. The number of nitrogens with one attached hydrogen (secondary N) is 4. The van der Waals surface area contributed by atoms with Gasteiger partial charge in [-0.3, -0.25) is 84.0 Å². The fraction of sp³-hybridized carbons (Fsp3) is 0.438. The first kappa shape index (κ1) is 90.3. The van der Waals surface area contributed by atoms with Gasteiger partial charge in [0.15, 0.2) is 39.2 Å². The number of phosphoric acid groups is 4. The van der Waals surface area contributed by atoms with Crippen LogP contribution in [0.2, 0.25) is 15.1 Å². The van der Waals surface area contributed by atoms with Crippen LogP contribution in [0.4, 0.5) is 17.6 Å². The molecule has 0 aliphatic carbocycles. The number of aliphatic hydroxyl groups excluding tert-OH is 8. The molecular formula is C73H78Cl4F4N8O32P4S3. The van der Waals surface area contributed by atoms with E-state index in [4.69, 9.17) is 165 Å². The van der Waals surface area contributed by atoms with Gasteiger partial charge >= 0.3 is 31.3 Å². The molecule has 4 unspecified atom stereocenters. The Hall–Kier alpha value is -6.87. The minimum absolute atomic E-state index is 0.0892. The number of carbonyl (C=O) groups excluding carboxylic acids is 1. The molecule has 128 heavy (non-hydrogen) atoms. The summed E-state index contributed by atoms with van der Waals surface area (Å²) in [6, 6.07) is 14.0. The highest BCUT2D eigenvalue weighted by atomic mass is 35.5. The van der Waals surface area contributed by atoms with Crippen LogP contribution in [-0.2, 0) is 105 Å². The molecule has 696 valence electrons. The van der Waals surface area contributed by atoms with Gasteiger partial charge in [-0.05, 0) is 114 Å². The van der Waals surface area contributed by atoms with Crippen LogP contribution in [0.15, 0.2) is 105 Å². The summed E-state index contributed by atoms with van der Waals surface area (Å²) >= 11 is 37.9. The highest BCUT2D eigenvalue weighted by Gasteiger charge is 2.63. The Morgan fingerprint density at radius 2 is 0.750 bits per heavy atom. The van der Waals surface area contributed by atoms with Crippen molar-refractivity contribution in [2.75, 3.05) is 26.3 Å². The number of H-pyrrole nitrogens is 3. The zero-order valence-corrected chi connectivity index (χ0v) is 75.9. The molecule has 12 heterocycles. The average molecular weight is 2020 g/mol. The maximum absolute atomic E-state index is 16.0. The Morgan fingerprint density at radius 3 is 1.12 bits per heavy atom. The molecule has 7 aromatic rings. The van der Waals surface area contributed by atoms with E-state index < -0.39 is 197 Å². The van der Waals surface area contributed by atoms with Crippen LogP contribution in [-0.4, -0.2) is 185 Å². The smallest absolute Gasteiger partial charge is 0.403 e. The SMILES string of the molecule is Cc1cc(C)c2c(c1)COP(=O)(OC[C@@]1(F)O[C@@H](n3cc(Cl)c(=O)[nH]c3=S)[C@H](O)[C@@H]1O)O2.[2H]C([2H])(OP1(=O)OCc2cc(C)cc(C)c2O1)[C@@]1(F)O[C@@H](n2cc(Cl)c(=O)[nH]c2=S)[C@H](O)[C@@H]1O.[2H]C([2H])(OP1(=O)OCc2cc(C)cc(C)c2O1)[C@@]1(F)O[C@@]([2H])(N2C=C(Cl)C(=O)NC2=C)[C@H](O)[C@@H]1O.[2H][C@@]1(n2cc(Cl)c(=O)[nH]c2=S)O[C@](F)(COP2(=O)OCc3cc(C)cc(C)c3O2)[C@@H](O)[C@H]1O. The summed E-state index contributed by atoms with van der Waals surface area (Å²) in [5.74, 6) is -14.4. The molecule has 16 rings (SSSR count). The van der Waals surface area contributed by atoms with Crippen LogP contribution in [0.1, 0.15) is 93.6 Å². The van der Waals surface area contributed by atoms with Crippen molar-refractivity contribution in [2.45, 2.75) is 179 Å². The number of aryl methyl sites for hydroxylation is 8. The number of benzene rings is 4. The number of phosphoric ester groups is 4. The molecule has 55 heteroatoms. The van der Waals surface area contributed by atoms with Gasteiger partial charge < -0.3 is 88.1 Å². The standard InChI is InChI=1S/C19H21ClFN2O8P.3C18H19ClFN2O8PS/c1-9-4-10(2)15-12(5-9)7-28-32(27,31-15)29-8-19(21)16(25)14(24)18(30-19)23-6-13(20)17(26)22-11(23)3;3*1-8-3-9(2)13-10(4-8)6-27-31(26,30-13)28-7-18(20)14(24)12(23)16(29-18)22-5-11(19)15(25)21-17(22)32/h4-6,14,16,18,24-25H,3,7-8H2,1-2H3,(H,22,26);3*3-5,12,14,16,23-24H,6-7H2,1-2H3,(H,21,25,32)/t14-,16+,18-,19-,32?;3*12-,14+,16-,18-,31?/m1111/s1/i8D2,18D;16D;7D2;. The fourth-order valence-electron chi connectivity index (χ4n) is 13.6.